The molecule has 0 saturated heterocycles. The fourth-order valence-electron chi connectivity index (χ4n) is 1.42. The molecule has 0 aliphatic rings. The maximum absolute atomic E-state index is 10.3. The summed E-state index contributed by atoms with van der Waals surface area (Å²) in [7, 11) is 0. The number of H-pyrrole nitrogens is 1. The van der Waals surface area contributed by atoms with Gasteiger partial charge in [-0.3, -0.25) is 0 Å². The summed E-state index contributed by atoms with van der Waals surface area (Å²) in [4.78, 5) is 13.4. The minimum Gasteiger partial charge on any atom is -0.361 e. The minimum absolute atomic E-state index is 0.495. The zero-order valence-electron chi connectivity index (χ0n) is 6.58. The highest BCUT2D eigenvalue weighted by Crippen LogP contribution is 2.16. The first-order valence-electron chi connectivity index (χ1n) is 3.90. The summed E-state index contributed by atoms with van der Waals surface area (Å²) < 4.78 is 0. The van der Waals surface area contributed by atoms with Crippen LogP contribution in [0.5, 0.6) is 0 Å². The predicted octanol–water partition coefficient (Wildman–Crippen LogP) is 1.91. The maximum atomic E-state index is 10.3. The van der Waals surface area contributed by atoms with Crippen LogP contribution in [0.3, 0.4) is 0 Å². The van der Waals surface area contributed by atoms with Crippen molar-refractivity contribution in [3.8, 4) is 0 Å². The van der Waals surface area contributed by atoms with Crippen molar-refractivity contribution in [1.82, 2.24) is 4.98 Å². The van der Waals surface area contributed by atoms with Crippen molar-refractivity contribution in [2.45, 2.75) is 6.42 Å². The highest BCUT2D eigenvalue weighted by atomic mass is 16.1. The Kier molecular flexibility index (Phi) is 1.67. The number of carbonyl (C=O) groups is 1. The monoisotopic (exact) mass is 159 g/mol. The van der Waals surface area contributed by atoms with Crippen molar-refractivity contribution < 1.29 is 4.79 Å². The lowest BCUT2D eigenvalue weighted by Gasteiger charge is -1.96. The van der Waals surface area contributed by atoms with E-state index in [2.05, 4.69) is 4.98 Å². The van der Waals surface area contributed by atoms with Crippen molar-refractivity contribution >= 4 is 17.2 Å². The molecule has 0 radical (unpaired) electrons. The van der Waals surface area contributed by atoms with Gasteiger partial charge in [0.1, 0.15) is 6.29 Å². The van der Waals surface area contributed by atoms with Crippen molar-refractivity contribution in [3.05, 3.63) is 36.0 Å². The van der Waals surface area contributed by atoms with E-state index in [0.29, 0.717) is 6.42 Å². The molecule has 2 rings (SSSR count). The number of fused-ring (bicyclic) bond motifs is 1. The number of aromatic nitrogens is 1. The van der Waals surface area contributed by atoms with Crippen LogP contribution in [-0.4, -0.2) is 11.3 Å². The lowest BCUT2D eigenvalue weighted by molar-refractivity contribution is -0.107. The second-order valence-corrected chi connectivity index (χ2v) is 2.73. The number of benzene rings is 1. The summed E-state index contributed by atoms with van der Waals surface area (Å²) >= 11 is 0. The van der Waals surface area contributed by atoms with Crippen molar-refractivity contribution in [2.24, 2.45) is 0 Å². The molecule has 0 fully saturated rings. The van der Waals surface area contributed by atoms with Crippen LogP contribution < -0.4 is 0 Å². The Bertz CT molecular complexity index is 403. The van der Waals surface area contributed by atoms with Gasteiger partial charge in [0, 0.05) is 23.5 Å². The molecule has 0 aliphatic carbocycles. The van der Waals surface area contributed by atoms with Crippen LogP contribution in [0.2, 0.25) is 0 Å². The molecule has 0 bridgehead atoms. The van der Waals surface area contributed by atoms with Crippen LogP contribution in [-0.2, 0) is 11.2 Å². The molecule has 0 amide bonds. The first-order chi connectivity index (χ1) is 5.92. The van der Waals surface area contributed by atoms with Crippen LogP contribution in [0.1, 0.15) is 5.56 Å². The first kappa shape index (κ1) is 7.10. The van der Waals surface area contributed by atoms with Gasteiger partial charge in [-0.15, -0.1) is 0 Å². The van der Waals surface area contributed by atoms with E-state index in [0.717, 1.165) is 22.8 Å². The average Bonchev–Trinajstić information content (AvgIpc) is 2.53. The smallest absolute Gasteiger partial charge is 0.124 e. The number of carbonyl (C=O) groups excluding carboxylic acids is 1. The molecule has 0 saturated carbocycles. The normalized spacial score (nSPS) is 10.3. The van der Waals surface area contributed by atoms with E-state index in [9.17, 15) is 4.79 Å². The van der Waals surface area contributed by atoms with Gasteiger partial charge in [0.05, 0.1) is 0 Å². The van der Waals surface area contributed by atoms with E-state index in [1.54, 1.807) is 0 Å². The molecule has 1 N–H and O–H groups in total. The summed E-state index contributed by atoms with van der Waals surface area (Å²) in [6.45, 7) is 0. The molecule has 1 heterocycles. The second-order valence-electron chi connectivity index (χ2n) is 2.73. The Morgan fingerprint density at radius 1 is 1.33 bits per heavy atom. The standard InChI is InChI=1S/C10H9NO/c12-7-5-8-2-1-3-10-9(8)4-6-11-10/h1-4,6-7,11H,5H2. The minimum atomic E-state index is 0.495. The summed E-state index contributed by atoms with van der Waals surface area (Å²) in [5.74, 6) is 0. The third kappa shape index (κ3) is 1.01. The summed E-state index contributed by atoms with van der Waals surface area (Å²) in [5, 5.41) is 1.14. The maximum Gasteiger partial charge on any atom is 0.124 e. The van der Waals surface area contributed by atoms with E-state index in [4.69, 9.17) is 0 Å². The number of nitrogens with one attached hydrogen (secondary N) is 1. The Labute approximate surface area is 70.2 Å². The second kappa shape index (κ2) is 2.81. The molecular formula is C10H9NO. The quantitative estimate of drug-likeness (QED) is 0.667. The molecule has 2 aromatic rings. The molecule has 60 valence electrons. The third-order valence-corrected chi connectivity index (χ3v) is 1.99. The van der Waals surface area contributed by atoms with Crippen LogP contribution in [0.15, 0.2) is 30.5 Å². The first-order valence-corrected chi connectivity index (χ1v) is 3.90. The van der Waals surface area contributed by atoms with Gasteiger partial charge in [-0.25, -0.2) is 0 Å². The lowest BCUT2D eigenvalue weighted by atomic mass is 10.1. The number of aldehydes is 1. The summed E-state index contributed by atoms with van der Waals surface area (Å²) in [5.41, 5.74) is 2.18. The molecule has 12 heavy (non-hydrogen) atoms. The molecule has 0 spiro atoms. The van der Waals surface area contributed by atoms with Gasteiger partial charge in [0.15, 0.2) is 0 Å². The van der Waals surface area contributed by atoms with Gasteiger partial charge in [0.25, 0.3) is 0 Å². The Morgan fingerprint density at radius 3 is 3.08 bits per heavy atom. The zero-order valence-corrected chi connectivity index (χ0v) is 6.58. The van der Waals surface area contributed by atoms with Crippen LogP contribution in [0, 0.1) is 0 Å². The lowest BCUT2D eigenvalue weighted by Crippen LogP contribution is -1.85. The van der Waals surface area contributed by atoms with Crippen LogP contribution >= 0.6 is 0 Å². The van der Waals surface area contributed by atoms with E-state index in [1.807, 2.05) is 30.5 Å². The Hall–Kier alpha value is -1.57. The third-order valence-electron chi connectivity index (χ3n) is 1.99. The van der Waals surface area contributed by atoms with Crippen molar-refractivity contribution in [3.63, 3.8) is 0 Å². The van der Waals surface area contributed by atoms with Gasteiger partial charge in [0.2, 0.25) is 0 Å². The number of hydrogen-bond acceptors (Lipinski definition) is 1. The van der Waals surface area contributed by atoms with Crippen LogP contribution in [0.4, 0.5) is 0 Å². The van der Waals surface area contributed by atoms with Gasteiger partial charge in [-0.1, -0.05) is 12.1 Å². The molecule has 0 aliphatic heterocycles. The van der Waals surface area contributed by atoms with E-state index in [-0.39, 0.29) is 0 Å². The van der Waals surface area contributed by atoms with E-state index >= 15 is 0 Å². The van der Waals surface area contributed by atoms with E-state index < -0.39 is 0 Å². The summed E-state index contributed by atoms with van der Waals surface area (Å²) in [6, 6.07) is 7.93. The Morgan fingerprint density at radius 2 is 2.25 bits per heavy atom. The Balaban J connectivity index is 2.65. The summed E-state index contributed by atoms with van der Waals surface area (Å²) in [6.07, 6.45) is 3.32. The number of aromatic amines is 1. The van der Waals surface area contributed by atoms with Gasteiger partial charge in [-0.2, -0.15) is 0 Å². The number of rotatable bonds is 2. The van der Waals surface area contributed by atoms with Crippen molar-refractivity contribution in [1.29, 1.82) is 0 Å². The fourth-order valence-corrected chi connectivity index (χ4v) is 1.42. The van der Waals surface area contributed by atoms with Crippen LogP contribution in [0.25, 0.3) is 10.9 Å². The molecule has 1 aromatic heterocycles. The topological polar surface area (TPSA) is 32.9 Å². The predicted molar refractivity (Wildman–Crippen MR) is 48.1 cm³/mol. The highest BCUT2D eigenvalue weighted by Gasteiger charge is 1.99. The molecule has 1 aromatic carbocycles. The highest BCUT2D eigenvalue weighted by molar-refractivity contribution is 5.84. The number of hydrogen-bond donors (Lipinski definition) is 1. The molecule has 0 atom stereocenters. The van der Waals surface area contributed by atoms with E-state index in [1.165, 1.54) is 0 Å². The van der Waals surface area contributed by atoms with Crippen molar-refractivity contribution in [2.75, 3.05) is 0 Å². The SMILES string of the molecule is O=CCc1cccc2[nH]ccc12. The zero-order chi connectivity index (χ0) is 8.39. The largest absolute Gasteiger partial charge is 0.361 e. The fraction of sp³-hybridized carbons (Fsp3) is 0.100. The molecular weight excluding hydrogens is 150 g/mol. The average molecular weight is 159 g/mol. The molecule has 0 unspecified atom stereocenters. The molecule has 2 nitrogen and oxygen atoms in total. The van der Waals surface area contributed by atoms with Gasteiger partial charge < -0.3 is 9.78 Å². The van der Waals surface area contributed by atoms with Gasteiger partial charge >= 0.3 is 0 Å². The molecule has 2 heteroatoms. The van der Waals surface area contributed by atoms with Gasteiger partial charge in [-0.05, 0) is 17.7 Å².